The second-order valence-corrected chi connectivity index (χ2v) is 8.39. The van der Waals surface area contributed by atoms with E-state index in [4.69, 9.17) is 4.74 Å². The van der Waals surface area contributed by atoms with E-state index in [2.05, 4.69) is 31.5 Å². The fourth-order valence-electron chi connectivity index (χ4n) is 2.57. The number of aryl methyl sites for hydroxylation is 1. The van der Waals surface area contributed by atoms with Crippen LogP contribution in [0.5, 0.6) is 5.75 Å². The Labute approximate surface area is 187 Å². The third-order valence-corrected chi connectivity index (χ3v) is 5.23. The molecule has 1 aromatic heterocycles. The fraction of sp³-hybridized carbons (Fsp3) is 0.136. The summed E-state index contributed by atoms with van der Waals surface area (Å²) in [5.41, 5.74) is 2.81. The van der Waals surface area contributed by atoms with E-state index >= 15 is 0 Å². The van der Waals surface area contributed by atoms with Gasteiger partial charge in [0.05, 0.1) is 22.1 Å². The van der Waals surface area contributed by atoms with Gasteiger partial charge in [0.15, 0.2) is 0 Å². The molecule has 0 unspecified atom stereocenters. The van der Waals surface area contributed by atoms with Crippen LogP contribution in [0.2, 0.25) is 0 Å². The third kappa shape index (κ3) is 6.53. The van der Waals surface area contributed by atoms with Crippen molar-refractivity contribution in [2.75, 3.05) is 10.6 Å². The first-order valence-electron chi connectivity index (χ1n) is 9.09. The van der Waals surface area contributed by atoms with Crippen LogP contribution in [0.15, 0.2) is 58.4 Å². The Balaban J connectivity index is 1.58. The van der Waals surface area contributed by atoms with Crippen LogP contribution in [0.4, 0.5) is 11.4 Å². The van der Waals surface area contributed by atoms with Crippen LogP contribution in [-0.4, -0.2) is 16.8 Å². The molecule has 0 atom stereocenters. The molecule has 0 saturated heterocycles. The number of thiazole rings is 1. The molecule has 2 amide bonds. The van der Waals surface area contributed by atoms with Crippen molar-refractivity contribution in [1.29, 1.82) is 0 Å². The Hall–Kier alpha value is -2.97. The summed E-state index contributed by atoms with van der Waals surface area (Å²) >= 11 is 4.96. The normalized spacial score (nSPS) is 10.8. The molecule has 0 saturated carbocycles. The van der Waals surface area contributed by atoms with Crippen molar-refractivity contribution in [3.8, 4) is 5.75 Å². The van der Waals surface area contributed by atoms with Crippen LogP contribution in [0.3, 0.4) is 0 Å². The Kier molecular flexibility index (Phi) is 7.37. The quantitative estimate of drug-likeness (QED) is 0.438. The number of benzene rings is 2. The molecule has 2 N–H and O–H groups in total. The number of nitrogens with zero attached hydrogens (tertiary/aromatic N) is 1. The Morgan fingerprint density at radius 3 is 2.57 bits per heavy atom. The number of anilines is 2. The molecule has 0 aliphatic carbocycles. The first-order valence-corrected chi connectivity index (χ1v) is 10.8. The first-order chi connectivity index (χ1) is 14.4. The highest BCUT2D eigenvalue weighted by molar-refractivity contribution is 9.10. The molecular formula is C22H20BrN3O3S. The van der Waals surface area contributed by atoms with Gasteiger partial charge in [0, 0.05) is 22.9 Å². The zero-order chi connectivity index (χ0) is 21.5. The summed E-state index contributed by atoms with van der Waals surface area (Å²) in [5, 5.41) is 8.47. The second kappa shape index (κ2) is 10.2. The second-order valence-electron chi connectivity index (χ2n) is 6.41. The average Bonchev–Trinajstić information content (AvgIpc) is 3.12. The van der Waals surface area contributed by atoms with Gasteiger partial charge in [0.1, 0.15) is 12.4 Å². The highest BCUT2D eigenvalue weighted by Crippen LogP contribution is 2.26. The average molecular weight is 486 g/mol. The van der Waals surface area contributed by atoms with Crippen molar-refractivity contribution in [3.63, 3.8) is 0 Å². The molecule has 2 aromatic carbocycles. The van der Waals surface area contributed by atoms with Crippen LogP contribution in [0.1, 0.15) is 23.2 Å². The van der Waals surface area contributed by atoms with Gasteiger partial charge in [-0.1, -0.05) is 28.1 Å². The maximum Gasteiger partial charge on any atom is 0.248 e. The molecule has 8 heteroatoms. The summed E-state index contributed by atoms with van der Waals surface area (Å²) in [5.74, 6) is 0.214. The molecule has 0 aliphatic rings. The van der Waals surface area contributed by atoms with Gasteiger partial charge in [0.2, 0.25) is 11.8 Å². The zero-order valence-electron chi connectivity index (χ0n) is 16.4. The Morgan fingerprint density at radius 1 is 1.13 bits per heavy atom. The van der Waals surface area contributed by atoms with Crippen LogP contribution in [-0.2, 0) is 16.2 Å². The van der Waals surface area contributed by atoms with Crippen molar-refractivity contribution in [2.24, 2.45) is 0 Å². The molecule has 30 heavy (non-hydrogen) atoms. The number of nitrogens with one attached hydrogen (secondary N) is 2. The monoisotopic (exact) mass is 485 g/mol. The van der Waals surface area contributed by atoms with E-state index < -0.39 is 0 Å². The summed E-state index contributed by atoms with van der Waals surface area (Å²) in [6, 6.07) is 12.7. The first kappa shape index (κ1) is 21.7. The smallest absolute Gasteiger partial charge is 0.248 e. The van der Waals surface area contributed by atoms with Gasteiger partial charge < -0.3 is 15.4 Å². The number of rotatable bonds is 7. The number of hydrogen-bond acceptors (Lipinski definition) is 5. The fourth-order valence-corrected chi connectivity index (χ4v) is 3.53. The highest BCUT2D eigenvalue weighted by atomic mass is 79.9. The minimum atomic E-state index is -0.307. The summed E-state index contributed by atoms with van der Waals surface area (Å²) in [4.78, 5) is 28.0. The molecule has 6 nitrogen and oxygen atoms in total. The Morgan fingerprint density at radius 2 is 1.90 bits per heavy atom. The third-order valence-electron chi connectivity index (χ3n) is 3.91. The van der Waals surface area contributed by atoms with Crippen molar-refractivity contribution < 1.29 is 14.3 Å². The van der Waals surface area contributed by atoms with Crippen molar-refractivity contribution in [2.45, 2.75) is 20.5 Å². The van der Waals surface area contributed by atoms with Gasteiger partial charge in [-0.05, 0) is 48.9 Å². The van der Waals surface area contributed by atoms with Crippen LogP contribution in [0, 0.1) is 6.92 Å². The summed E-state index contributed by atoms with van der Waals surface area (Å²) in [7, 11) is 0. The lowest BCUT2D eigenvalue weighted by Gasteiger charge is -2.10. The van der Waals surface area contributed by atoms with Gasteiger partial charge in [-0.2, -0.15) is 0 Å². The molecule has 0 fully saturated rings. The molecule has 0 aliphatic heterocycles. The number of ether oxygens (including phenoxy) is 1. The largest absolute Gasteiger partial charge is 0.487 e. The van der Waals surface area contributed by atoms with Crippen LogP contribution >= 0.6 is 27.3 Å². The number of aromatic nitrogens is 1. The molecule has 1 heterocycles. The lowest BCUT2D eigenvalue weighted by molar-refractivity contribution is -0.114. The zero-order valence-corrected chi connectivity index (χ0v) is 18.8. The number of amides is 2. The molecule has 0 bridgehead atoms. The molecule has 3 rings (SSSR count). The SMILES string of the molecule is CC(=O)Nc1ccc(Br)cc1NC(=O)/C=C/c1ccc(OCc2csc(C)n2)cc1. The van der Waals surface area contributed by atoms with Crippen molar-refractivity contribution in [3.05, 3.63) is 74.7 Å². The molecule has 0 radical (unpaired) electrons. The van der Waals surface area contributed by atoms with E-state index in [-0.39, 0.29) is 11.8 Å². The molecular weight excluding hydrogens is 466 g/mol. The summed E-state index contributed by atoms with van der Waals surface area (Å²) in [6.07, 6.45) is 3.14. The topological polar surface area (TPSA) is 80.3 Å². The molecule has 154 valence electrons. The minimum Gasteiger partial charge on any atom is -0.487 e. The molecule has 3 aromatic rings. The van der Waals surface area contributed by atoms with E-state index in [0.717, 1.165) is 26.5 Å². The van der Waals surface area contributed by atoms with Gasteiger partial charge in [-0.25, -0.2) is 4.98 Å². The van der Waals surface area contributed by atoms with Gasteiger partial charge in [0.25, 0.3) is 0 Å². The number of carbonyl (C=O) groups excluding carboxylic acids is 2. The van der Waals surface area contributed by atoms with E-state index in [1.165, 1.54) is 13.0 Å². The lowest BCUT2D eigenvalue weighted by atomic mass is 10.2. The summed E-state index contributed by atoms with van der Waals surface area (Å²) in [6.45, 7) is 3.80. The summed E-state index contributed by atoms with van der Waals surface area (Å²) < 4.78 is 6.51. The van der Waals surface area contributed by atoms with E-state index in [1.54, 1.807) is 35.6 Å². The lowest BCUT2D eigenvalue weighted by Crippen LogP contribution is -2.13. The highest BCUT2D eigenvalue weighted by Gasteiger charge is 2.07. The minimum absolute atomic E-state index is 0.212. The maximum absolute atomic E-state index is 12.3. The predicted molar refractivity (Wildman–Crippen MR) is 124 cm³/mol. The number of carbonyl (C=O) groups is 2. The molecule has 0 spiro atoms. The van der Waals surface area contributed by atoms with E-state index in [1.807, 2.05) is 36.6 Å². The van der Waals surface area contributed by atoms with Crippen molar-refractivity contribution >= 4 is 56.5 Å². The number of halogens is 1. The van der Waals surface area contributed by atoms with Gasteiger partial charge in [-0.15, -0.1) is 11.3 Å². The van der Waals surface area contributed by atoms with Gasteiger partial charge >= 0.3 is 0 Å². The van der Waals surface area contributed by atoms with E-state index in [9.17, 15) is 9.59 Å². The van der Waals surface area contributed by atoms with Crippen LogP contribution in [0.25, 0.3) is 6.08 Å². The van der Waals surface area contributed by atoms with Crippen LogP contribution < -0.4 is 15.4 Å². The predicted octanol–water partition coefficient (Wildman–Crippen LogP) is 5.40. The maximum atomic E-state index is 12.3. The Bertz CT molecular complexity index is 1080. The van der Waals surface area contributed by atoms with E-state index in [0.29, 0.717) is 18.0 Å². The van der Waals surface area contributed by atoms with Gasteiger partial charge in [-0.3, -0.25) is 9.59 Å². The number of hydrogen-bond donors (Lipinski definition) is 2. The standard InChI is InChI=1S/C22H20BrN3O3S/c1-14(27)24-20-9-6-17(23)11-21(20)26-22(28)10-5-16-3-7-19(8-4-16)29-12-18-13-30-15(2)25-18/h3-11,13H,12H2,1-2H3,(H,24,27)(H,26,28)/b10-5+. The van der Waals surface area contributed by atoms with Crippen molar-refractivity contribution in [1.82, 2.24) is 4.98 Å².